The summed E-state index contributed by atoms with van der Waals surface area (Å²) in [6.07, 6.45) is 2.42. The van der Waals surface area contributed by atoms with Gasteiger partial charge in [-0.2, -0.15) is 0 Å². The molecule has 7 nitrogen and oxygen atoms in total. The lowest BCUT2D eigenvalue weighted by atomic mass is 10.1. The molecule has 2 heterocycles. The Morgan fingerprint density at radius 3 is 2.68 bits per heavy atom. The van der Waals surface area contributed by atoms with Crippen LogP contribution in [-0.2, 0) is 11.2 Å². The maximum Gasteiger partial charge on any atom is 0.409 e. The molecule has 0 bridgehead atoms. The highest BCUT2D eigenvalue weighted by atomic mass is 127. The zero-order valence-corrected chi connectivity index (χ0v) is 18.5. The largest absolute Gasteiger partial charge is 0.450 e. The predicted octanol–water partition coefficient (Wildman–Crippen LogP) is 2.82. The Labute approximate surface area is 181 Å². The van der Waals surface area contributed by atoms with Gasteiger partial charge in [0.15, 0.2) is 5.96 Å². The van der Waals surface area contributed by atoms with E-state index in [0.29, 0.717) is 39.3 Å². The number of halogens is 2. The van der Waals surface area contributed by atoms with E-state index in [1.807, 2.05) is 13.1 Å². The van der Waals surface area contributed by atoms with Gasteiger partial charge in [0.2, 0.25) is 0 Å². The van der Waals surface area contributed by atoms with Gasteiger partial charge in [0.05, 0.1) is 6.61 Å². The van der Waals surface area contributed by atoms with Crippen molar-refractivity contribution in [1.82, 2.24) is 20.1 Å². The zero-order chi connectivity index (χ0) is 19.2. The van der Waals surface area contributed by atoms with Crippen molar-refractivity contribution in [2.24, 2.45) is 4.99 Å². The number of H-pyrrole nitrogens is 1. The van der Waals surface area contributed by atoms with E-state index in [4.69, 9.17) is 4.74 Å². The molecule has 1 aliphatic rings. The minimum atomic E-state index is -0.258. The summed E-state index contributed by atoms with van der Waals surface area (Å²) in [4.78, 5) is 23.1. The lowest BCUT2D eigenvalue weighted by Crippen LogP contribution is -2.54. The maximum atomic E-state index is 13.5. The number of aromatic amines is 1. The van der Waals surface area contributed by atoms with E-state index >= 15 is 0 Å². The van der Waals surface area contributed by atoms with Crippen molar-refractivity contribution in [3.63, 3.8) is 0 Å². The van der Waals surface area contributed by atoms with Crippen LogP contribution in [0, 0.1) is 5.82 Å². The van der Waals surface area contributed by atoms with Crippen molar-refractivity contribution in [1.29, 1.82) is 0 Å². The molecule has 154 valence electrons. The Balaban J connectivity index is 0.00000280. The first-order valence-electron chi connectivity index (χ1n) is 9.25. The molecule has 1 aliphatic heterocycles. The van der Waals surface area contributed by atoms with Crippen molar-refractivity contribution in [2.45, 2.75) is 13.3 Å². The second-order valence-corrected chi connectivity index (χ2v) is 6.40. The number of fused-ring (bicyclic) bond motifs is 1. The molecule has 2 N–H and O–H groups in total. The number of nitrogens with zero attached hydrogens (tertiary/aromatic N) is 3. The van der Waals surface area contributed by atoms with Crippen LogP contribution in [0.2, 0.25) is 0 Å². The fourth-order valence-corrected chi connectivity index (χ4v) is 3.31. The quantitative estimate of drug-likeness (QED) is 0.383. The first-order chi connectivity index (χ1) is 13.1. The van der Waals surface area contributed by atoms with Crippen LogP contribution in [0.25, 0.3) is 10.9 Å². The molecule has 0 saturated carbocycles. The highest BCUT2D eigenvalue weighted by Crippen LogP contribution is 2.19. The fraction of sp³-hybridized carbons (Fsp3) is 0.474. The predicted molar refractivity (Wildman–Crippen MR) is 119 cm³/mol. The summed E-state index contributed by atoms with van der Waals surface area (Å²) in [5, 5.41) is 4.27. The molecule has 3 rings (SSSR count). The lowest BCUT2D eigenvalue weighted by Gasteiger charge is -2.35. The van der Waals surface area contributed by atoms with Crippen LogP contribution >= 0.6 is 24.0 Å². The number of guanidine groups is 1. The number of hydrogen-bond acceptors (Lipinski definition) is 3. The van der Waals surface area contributed by atoms with Crippen LogP contribution in [0.1, 0.15) is 12.5 Å². The van der Waals surface area contributed by atoms with Crippen LogP contribution in [0.15, 0.2) is 29.4 Å². The number of hydrogen-bond donors (Lipinski definition) is 2. The molecule has 1 fully saturated rings. The summed E-state index contributed by atoms with van der Waals surface area (Å²) >= 11 is 0. The van der Waals surface area contributed by atoms with Crippen LogP contribution in [0.4, 0.5) is 9.18 Å². The van der Waals surface area contributed by atoms with Gasteiger partial charge in [0.1, 0.15) is 5.82 Å². The molecule has 0 unspecified atom stereocenters. The Kier molecular flexibility index (Phi) is 8.34. The van der Waals surface area contributed by atoms with Crippen LogP contribution < -0.4 is 5.32 Å². The van der Waals surface area contributed by atoms with Gasteiger partial charge in [-0.3, -0.25) is 4.99 Å². The van der Waals surface area contributed by atoms with Crippen molar-refractivity contribution >= 4 is 46.9 Å². The molecule has 28 heavy (non-hydrogen) atoms. The van der Waals surface area contributed by atoms with E-state index in [0.717, 1.165) is 28.8 Å². The second kappa shape index (κ2) is 10.5. The molecule has 0 atom stereocenters. The lowest BCUT2D eigenvalue weighted by molar-refractivity contribution is 0.0915. The third-order valence-electron chi connectivity index (χ3n) is 4.72. The number of amides is 1. The SMILES string of the molecule is CCOC(=O)N1CCN(C(=NC)NCCc2c[nH]c3ccc(F)cc23)CC1.I. The molecule has 0 aliphatic carbocycles. The molecule has 1 amide bonds. The van der Waals surface area contributed by atoms with Gasteiger partial charge >= 0.3 is 6.09 Å². The van der Waals surface area contributed by atoms with Gasteiger partial charge in [-0.25, -0.2) is 9.18 Å². The smallest absolute Gasteiger partial charge is 0.409 e. The van der Waals surface area contributed by atoms with E-state index in [9.17, 15) is 9.18 Å². The molecule has 2 aromatic rings. The Hall–Kier alpha value is -2.04. The summed E-state index contributed by atoms with van der Waals surface area (Å²) in [6, 6.07) is 4.77. The van der Waals surface area contributed by atoms with Crippen molar-refractivity contribution in [3.8, 4) is 0 Å². The third kappa shape index (κ3) is 5.27. The molecule has 0 spiro atoms. The number of piperazine rings is 1. The third-order valence-corrected chi connectivity index (χ3v) is 4.72. The highest BCUT2D eigenvalue weighted by Gasteiger charge is 2.23. The van der Waals surface area contributed by atoms with Crippen LogP contribution in [0.3, 0.4) is 0 Å². The molecular weight excluding hydrogens is 476 g/mol. The second-order valence-electron chi connectivity index (χ2n) is 6.40. The number of benzene rings is 1. The minimum Gasteiger partial charge on any atom is -0.450 e. The van der Waals surface area contributed by atoms with Crippen molar-refractivity contribution < 1.29 is 13.9 Å². The average Bonchev–Trinajstić information content (AvgIpc) is 3.08. The fourth-order valence-electron chi connectivity index (χ4n) is 3.31. The maximum absolute atomic E-state index is 13.5. The van der Waals surface area contributed by atoms with E-state index in [-0.39, 0.29) is 35.9 Å². The van der Waals surface area contributed by atoms with E-state index in [1.54, 1.807) is 24.1 Å². The monoisotopic (exact) mass is 503 g/mol. The number of ether oxygens (including phenoxy) is 1. The van der Waals surface area contributed by atoms with Gasteiger partial charge in [-0.1, -0.05) is 0 Å². The van der Waals surface area contributed by atoms with Gasteiger partial charge in [0.25, 0.3) is 0 Å². The van der Waals surface area contributed by atoms with E-state index in [1.165, 1.54) is 6.07 Å². The first kappa shape index (κ1) is 22.3. The standard InChI is InChI=1S/C19H26FN5O2.HI/c1-3-27-19(26)25-10-8-24(9-11-25)18(21-2)22-7-6-14-13-23-17-5-4-15(20)12-16(14)17;/h4-5,12-13,23H,3,6-11H2,1-2H3,(H,21,22);1H. The molecule has 0 radical (unpaired) electrons. The molecular formula is C19H27FIN5O2. The number of aromatic nitrogens is 1. The number of carbonyl (C=O) groups is 1. The molecule has 1 aromatic heterocycles. The molecule has 1 aromatic carbocycles. The number of carbonyl (C=O) groups excluding carboxylic acids is 1. The number of rotatable bonds is 4. The minimum absolute atomic E-state index is 0. The van der Waals surface area contributed by atoms with E-state index in [2.05, 4.69) is 20.2 Å². The molecule has 1 saturated heterocycles. The summed E-state index contributed by atoms with van der Waals surface area (Å²) in [6.45, 7) is 5.52. The molecule has 9 heteroatoms. The van der Waals surface area contributed by atoms with Crippen LogP contribution in [-0.4, -0.2) is 73.2 Å². The Morgan fingerprint density at radius 1 is 1.29 bits per heavy atom. The number of nitrogens with one attached hydrogen (secondary N) is 2. The van der Waals surface area contributed by atoms with Gasteiger partial charge in [-0.15, -0.1) is 24.0 Å². The van der Waals surface area contributed by atoms with Gasteiger partial charge in [0, 0.05) is 56.9 Å². The summed E-state index contributed by atoms with van der Waals surface area (Å²) in [7, 11) is 1.75. The summed E-state index contributed by atoms with van der Waals surface area (Å²) < 4.78 is 18.5. The Bertz CT molecular complexity index is 818. The van der Waals surface area contributed by atoms with Crippen molar-refractivity contribution in [3.05, 3.63) is 35.8 Å². The first-order valence-corrected chi connectivity index (χ1v) is 9.25. The van der Waals surface area contributed by atoms with Gasteiger partial charge in [-0.05, 0) is 37.1 Å². The summed E-state index contributed by atoms with van der Waals surface area (Å²) in [5.41, 5.74) is 2.01. The number of aliphatic imine (C=N–C) groups is 1. The highest BCUT2D eigenvalue weighted by molar-refractivity contribution is 14.0. The topological polar surface area (TPSA) is 73.0 Å². The van der Waals surface area contributed by atoms with Crippen molar-refractivity contribution in [2.75, 3.05) is 46.4 Å². The average molecular weight is 503 g/mol. The zero-order valence-electron chi connectivity index (χ0n) is 16.2. The summed E-state index contributed by atoms with van der Waals surface area (Å²) in [5.74, 6) is 0.580. The van der Waals surface area contributed by atoms with Gasteiger partial charge < -0.3 is 24.8 Å². The van der Waals surface area contributed by atoms with Crippen LogP contribution in [0.5, 0.6) is 0 Å². The normalized spacial score (nSPS) is 14.8. The van der Waals surface area contributed by atoms with E-state index < -0.39 is 0 Å². The Morgan fingerprint density at radius 2 is 2.00 bits per heavy atom.